The van der Waals surface area contributed by atoms with Gasteiger partial charge < -0.3 is 9.67 Å². The van der Waals surface area contributed by atoms with Gasteiger partial charge in [-0.1, -0.05) is 0 Å². The molecule has 0 spiro atoms. The monoisotopic (exact) mass is 168 g/mol. The Kier molecular flexibility index (Phi) is 2.47. The molecule has 2 unspecified atom stereocenters. The van der Waals surface area contributed by atoms with Crippen LogP contribution in [0, 0.1) is 5.92 Å². The maximum Gasteiger partial charge on any atom is 0.308 e. The molecule has 1 aromatic rings. The fourth-order valence-corrected chi connectivity index (χ4v) is 0.975. The van der Waals surface area contributed by atoms with E-state index in [-0.39, 0.29) is 12.0 Å². The van der Waals surface area contributed by atoms with Gasteiger partial charge in [0.2, 0.25) is 0 Å². The quantitative estimate of drug-likeness (QED) is 0.736. The molecule has 0 radical (unpaired) electrons. The van der Waals surface area contributed by atoms with Crippen LogP contribution in [0.5, 0.6) is 0 Å². The van der Waals surface area contributed by atoms with Crippen molar-refractivity contribution in [1.82, 2.24) is 9.55 Å². The minimum absolute atomic E-state index is 0.0509. The summed E-state index contributed by atoms with van der Waals surface area (Å²) >= 11 is 0. The van der Waals surface area contributed by atoms with Crippen LogP contribution in [-0.2, 0) is 4.79 Å². The SMILES string of the molecule is CC(C(=O)O)C(C)n1ccnc1. The highest BCUT2D eigenvalue weighted by atomic mass is 16.4. The lowest BCUT2D eigenvalue weighted by atomic mass is 10.0. The van der Waals surface area contributed by atoms with Gasteiger partial charge >= 0.3 is 5.97 Å². The molecule has 4 nitrogen and oxygen atoms in total. The molecule has 0 bridgehead atoms. The van der Waals surface area contributed by atoms with Crippen LogP contribution < -0.4 is 0 Å². The van der Waals surface area contributed by atoms with E-state index < -0.39 is 5.97 Å². The van der Waals surface area contributed by atoms with E-state index in [1.165, 1.54) is 0 Å². The highest BCUT2D eigenvalue weighted by molar-refractivity contribution is 5.70. The Bertz CT molecular complexity index is 256. The third-order valence-electron chi connectivity index (χ3n) is 2.11. The Balaban J connectivity index is 2.71. The second-order valence-electron chi connectivity index (χ2n) is 2.88. The third kappa shape index (κ3) is 1.64. The Morgan fingerprint density at radius 1 is 1.58 bits per heavy atom. The lowest BCUT2D eigenvalue weighted by Crippen LogP contribution is -2.20. The molecule has 2 atom stereocenters. The molecule has 0 fully saturated rings. The highest BCUT2D eigenvalue weighted by Gasteiger charge is 2.19. The van der Waals surface area contributed by atoms with Gasteiger partial charge in [-0.15, -0.1) is 0 Å². The number of aliphatic carboxylic acids is 1. The number of rotatable bonds is 3. The molecule has 1 rings (SSSR count). The van der Waals surface area contributed by atoms with Crippen LogP contribution in [0.2, 0.25) is 0 Å². The molecule has 0 saturated heterocycles. The maximum atomic E-state index is 10.6. The van der Waals surface area contributed by atoms with Crippen LogP contribution in [0.3, 0.4) is 0 Å². The van der Waals surface area contributed by atoms with Gasteiger partial charge in [-0.3, -0.25) is 4.79 Å². The number of nitrogens with zero attached hydrogens (tertiary/aromatic N) is 2. The molecule has 0 saturated carbocycles. The Hall–Kier alpha value is -1.32. The van der Waals surface area contributed by atoms with Crippen molar-refractivity contribution in [3.05, 3.63) is 18.7 Å². The minimum atomic E-state index is -0.781. The van der Waals surface area contributed by atoms with Gasteiger partial charge in [-0.05, 0) is 13.8 Å². The predicted octanol–water partition coefficient (Wildman–Crippen LogP) is 1.16. The number of imidazole rings is 1. The van der Waals surface area contributed by atoms with Crippen molar-refractivity contribution >= 4 is 5.97 Å². The molecule has 12 heavy (non-hydrogen) atoms. The molecule has 0 aliphatic heterocycles. The lowest BCUT2D eigenvalue weighted by molar-refractivity contribution is -0.142. The minimum Gasteiger partial charge on any atom is -0.481 e. The van der Waals surface area contributed by atoms with E-state index in [1.807, 2.05) is 6.92 Å². The van der Waals surface area contributed by atoms with Gasteiger partial charge in [0.15, 0.2) is 0 Å². The van der Waals surface area contributed by atoms with E-state index >= 15 is 0 Å². The summed E-state index contributed by atoms with van der Waals surface area (Å²) in [5.74, 6) is -1.17. The molecule has 0 aliphatic rings. The average molecular weight is 168 g/mol. The Morgan fingerprint density at radius 3 is 2.67 bits per heavy atom. The van der Waals surface area contributed by atoms with Gasteiger partial charge in [0, 0.05) is 18.4 Å². The van der Waals surface area contributed by atoms with Gasteiger partial charge in [0.1, 0.15) is 0 Å². The molecule has 1 N–H and O–H groups in total. The molecule has 0 aliphatic carbocycles. The summed E-state index contributed by atoms with van der Waals surface area (Å²) in [5.41, 5.74) is 0. The molecular formula is C8H12N2O2. The average Bonchev–Trinajstić information content (AvgIpc) is 2.53. The van der Waals surface area contributed by atoms with Gasteiger partial charge in [-0.25, -0.2) is 4.98 Å². The molecule has 66 valence electrons. The van der Waals surface area contributed by atoms with Gasteiger partial charge in [0.25, 0.3) is 0 Å². The number of hydrogen-bond acceptors (Lipinski definition) is 2. The Morgan fingerprint density at radius 2 is 2.25 bits per heavy atom. The number of carboxylic acids is 1. The van der Waals surface area contributed by atoms with Crippen molar-refractivity contribution in [1.29, 1.82) is 0 Å². The molecule has 0 aromatic carbocycles. The van der Waals surface area contributed by atoms with Crippen molar-refractivity contribution in [2.45, 2.75) is 19.9 Å². The van der Waals surface area contributed by atoms with Crippen LogP contribution in [-0.4, -0.2) is 20.6 Å². The topological polar surface area (TPSA) is 55.1 Å². The van der Waals surface area contributed by atoms with Crippen molar-refractivity contribution in [3.63, 3.8) is 0 Å². The van der Waals surface area contributed by atoms with Crippen LogP contribution in [0.1, 0.15) is 19.9 Å². The third-order valence-corrected chi connectivity index (χ3v) is 2.11. The largest absolute Gasteiger partial charge is 0.481 e. The number of hydrogen-bond donors (Lipinski definition) is 1. The van der Waals surface area contributed by atoms with Crippen LogP contribution in [0.15, 0.2) is 18.7 Å². The van der Waals surface area contributed by atoms with Gasteiger partial charge in [0.05, 0.1) is 12.2 Å². The summed E-state index contributed by atoms with van der Waals surface area (Å²) in [7, 11) is 0. The summed E-state index contributed by atoms with van der Waals surface area (Å²) in [6, 6.07) is -0.0509. The molecule has 4 heteroatoms. The zero-order valence-corrected chi connectivity index (χ0v) is 7.14. The zero-order valence-electron chi connectivity index (χ0n) is 7.14. The first-order chi connectivity index (χ1) is 5.63. The fraction of sp³-hybridized carbons (Fsp3) is 0.500. The summed E-state index contributed by atoms with van der Waals surface area (Å²) in [6.45, 7) is 3.55. The van der Waals surface area contributed by atoms with E-state index in [1.54, 1.807) is 30.2 Å². The summed E-state index contributed by atoms with van der Waals surface area (Å²) in [4.78, 5) is 14.5. The summed E-state index contributed by atoms with van der Waals surface area (Å²) in [6.07, 6.45) is 5.04. The maximum absolute atomic E-state index is 10.6. The van der Waals surface area contributed by atoms with Gasteiger partial charge in [-0.2, -0.15) is 0 Å². The lowest BCUT2D eigenvalue weighted by Gasteiger charge is -2.16. The first kappa shape index (κ1) is 8.77. The molecule has 1 heterocycles. The second-order valence-corrected chi connectivity index (χ2v) is 2.88. The highest BCUT2D eigenvalue weighted by Crippen LogP contribution is 2.16. The van der Waals surface area contributed by atoms with Crippen molar-refractivity contribution in [3.8, 4) is 0 Å². The molecule has 1 aromatic heterocycles. The first-order valence-electron chi connectivity index (χ1n) is 3.83. The second kappa shape index (κ2) is 3.38. The van der Waals surface area contributed by atoms with E-state index in [0.717, 1.165) is 0 Å². The van der Waals surface area contributed by atoms with Crippen molar-refractivity contribution in [2.24, 2.45) is 5.92 Å². The standard InChI is InChI=1S/C8H12N2O2/c1-6(8(11)12)7(2)10-4-3-9-5-10/h3-7H,1-2H3,(H,11,12). The van der Waals surface area contributed by atoms with Crippen LogP contribution >= 0.6 is 0 Å². The van der Waals surface area contributed by atoms with Crippen LogP contribution in [0.25, 0.3) is 0 Å². The van der Waals surface area contributed by atoms with Crippen molar-refractivity contribution < 1.29 is 9.90 Å². The fourth-order valence-electron chi connectivity index (χ4n) is 0.975. The van der Waals surface area contributed by atoms with E-state index in [9.17, 15) is 4.79 Å². The number of carbonyl (C=O) groups is 1. The first-order valence-corrected chi connectivity index (χ1v) is 3.83. The molecular weight excluding hydrogens is 156 g/mol. The normalized spacial score (nSPS) is 15.5. The molecule has 0 amide bonds. The number of aromatic nitrogens is 2. The summed E-state index contributed by atoms with van der Waals surface area (Å²) in [5, 5.41) is 8.72. The van der Waals surface area contributed by atoms with Crippen molar-refractivity contribution in [2.75, 3.05) is 0 Å². The van der Waals surface area contributed by atoms with E-state index in [4.69, 9.17) is 5.11 Å². The summed E-state index contributed by atoms with van der Waals surface area (Å²) < 4.78 is 1.79. The predicted molar refractivity (Wildman–Crippen MR) is 43.7 cm³/mol. The van der Waals surface area contributed by atoms with E-state index in [2.05, 4.69) is 4.98 Å². The number of carboxylic acid groups (broad SMARTS) is 1. The van der Waals surface area contributed by atoms with Crippen LogP contribution in [0.4, 0.5) is 0 Å². The zero-order chi connectivity index (χ0) is 9.14. The smallest absolute Gasteiger partial charge is 0.308 e. The Labute approximate surface area is 70.9 Å². The van der Waals surface area contributed by atoms with E-state index in [0.29, 0.717) is 0 Å².